The molecule has 24 heavy (non-hydrogen) atoms. The van der Waals surface area contributed by atoms with E-state index in [0.29, 0.717) is 6.42 Å². The van der Waals surface area contributed by atoms with Crippen LogP contribution in [0.15, 0.2) is 24.3 Å². The second kappa shape index (κ2) is 7.11. The Bertz CT molecular complexity index is 582. The molecular weight excluding hydrogens is 304 g/mol. The molecule has 1 aliphatic heterocycles. The molecule has 132 valence electrons. The second-order valence-electron chi connectivity index (χ2n) is 7.29. The van der Waals surface area contributed by atoms with Crippen LogP contribution in [0, 0.1) is 0 Å². The van der Waals surface area contributed by atoms with E-state index in [-0.39, 0.29) is 30.8 Å². The molecular formula is C19H28N2O3. The van der Waals surface area contributed by atoms with Gasteiger partial charge < -0.3 is 20.5 Å². The molecule has 1 aromatic rings. The van der Waals surface area contributed by atoms with Crippen LogP contribution in [0.4, 0.5) is 4.79 Å². The Morgan fingerprint density at radius 2 is 2.00 bits per heavy atom. The second-order valence-corrected chi connectivity index (χ2v) is 7.29. The predicted molar refractivity (Wildman–Crippen MR) is 92.8 cm³/mol. The molecule has 3 rings (SSSR count). The van der Waals surface area contributed by atoms with Crippen LogP contribution in [-0.4, -0.2) is 35.9 Å². The van der Waals surface area contributed by atoms with Gasteiger partial charge in [-0.25, -0.2) is 4.79 Å². The summed E-state index contributed by atoms with van der Waals surface area (Å²) in [7, 11) is 0. The number of carbonyl (C=O) groups is 1. The molecule has 3 atom stereocenters. The molecule has 1 aliphatic carbocycles. The molecule has 3 N–H and O–H groups in total. The lowest BCUT2D eigenvalue weighted by molar-refractivity contribution is -0.0404. The third kappa shape index (κ3) is 3.90. The minimum Gasteiger partial charge on any atom is -0.383 e. The number of ether oxygens (including phenoxy) is 1. The average molecular weight is 332 g/mol. The van der Waals surface area contributed by atoms with Crippen molar-refractivity contribution < 1.29 is 14.6 Å². The molecule has 0 aromatic heterocycles. The molecule has 1 fully saturated rings. The summed E-state index contributed by atoms with van der Waals surface area (Å²) in [5, 5.41) is 16.9. The summed E-state index contributed by atoms with van der Waals surface area (Å²) in [6, 6.07) is 7.88. The first-order chi connectivity index (χ1) is 11.5. The number of fused-ring (bicyclic) bond motifs is 1. The highest BCUT2D eigenvalue weighted by atomic mass is 16.5. The van der Waals surface area contributed by atoms with Crippen molar-refractivity contribution in [2.45, 2.75) is 69.8 Å². The Morgan fingerprint density at radius 1 is 1.29 bits per heavy atom. The van der Waals surface area contributed by atoms with E-state index in [1.165, 1.54) is 5.56 Å². The van der Waals surface area contributed by atoms with E-state index in [9.17, 15) is 9.90 Å². The standard InChI is InChI=1S/C19H28N2O3/c1-13-10-16(11-14(2)24-13)21-18(22)20-12-19(23)9-5-7-15-6-3-4-8-17(15)19/h3-4,6,8,13-14,16,23H,5,7,9-12H2,1-2H3,(H2,20,21,22). The Morgan fingerprint density at radius 3 is 2.75 bits per heavy atom. The van der Waals surface area contributed by atoms with E-state index >= 15 is 0 Å². The van der Waals surface area contributed by atoms with Gasteiger partial charge in [-0.2, -0.15) is 0 Å². The monoisotopic (exact) mass is 332 g/mol. The minimum atomic E-state index is -0.970. The van der Waals surface area contributed by atoms with Crippen molar-refractivity contribution in [1.82, 2.24) is 10.6 Å². The van der Waals surface area contributed by atoms with Crippen molar-refractivity contribution in [3.63, 3.8) is 0 Å². The van der Waals surface area contributed by atoms with Crippen LogP contribution in [0.5, 0.6) is 0 Å². The number of rotatable bonds is 3. The normalized spacial score (nSPS) is 32.7. The van der Waals surface area contributed by atoms with E-state index in [2.05, 4.69) is 16.7 Å². The lowest BCUT2D eigenvalue weighted by Crippen LogP contribution is -2.51. The molecule has 2 amide bonds. The number of nitrogens with one attached hydrogen (secondary N) is 2. The first kappa shape index (κ1) is 17.2. The van der Waals surface area contributed by atoms with Gasteiger partial charge >= 0.3 is 6.03 Å². The topological polar surface area (TPSA) is 70.6 Å². The number of aryl methyl sites for hydroxylation is 1. The summed E-state index contributed by atoms with van der Waals surface area (Å²) in [4.78, 5) is 12.2. The van der Waals surface area contributed by atoms with Crippen LogP contribution in [0.2, 0.25) is 0 Å². The maximum atomic E-state index is 12.2. The summed E-state index contributed by atoms with van der Waals surface area (Å²) in [5.74, 6) is 0. The smallest absolute Gasteiger partial charge is 0.315 e. The van der Waals surface area contributed by atoms with Crippen LogP contribution < -0.4 is 10.6 Å². The Labute approximate surface area is 143 Å². The number of hydrogen-bond donors (Lipinski definition) is 3. The Balaban J connectivity index is 1.57. The average Bonchev–Trinajstić information content (AvgIpc) is 2.53. The number of amides is 2. The molecule has 0 saturated carbocycles. The highest BCUT2D eigenvalue weighted by molar-refractivity contribution is 5.74. The maximum Gasteiger partial charge on any atom is 0.315 e. The van der Waals surface area contributed by atoms with E-state index < -0.39 is 5.60 Å². The van der Waals surface area contributed by atoms with Gasteiger partial charge in [-0.05, 0) is 57.1 Å². The van der Waals surface area contributed by atoms with Crippen LogP contribution in [-0.2, 0) is 16.8 Å². The summed E-state index contributed by atoms with van der Waals surface area (Å²) in [6.07, 6.45) is 4.57. The van der Waals surface area contributed by atoms with Gasteiger partial charge in [0, 0.05) is 6.04 Å². The highest BCUT2D eigenvalue weighted by Gasteiger charge is 2.34. The summed E-state index contributed by atoms with van der Waals surface area (Å²) in [5.41, 5.74) is 1.16. The highest BCUT2D eigenvalue weighted by Crippen LogP contribution is 2.34. The van der Waals surface area contributed by atoms with Crippen LogP contribution in [0.25, 0.3) is 0 Å². The Hall–Kier alpha value is -1.59. The van der Waals surface area contributed by atoms with Gasteiger partial charge in [0.25, 0.3) is 0 Å². The predicted octanol–water partition coefficient (Wildman–Crippen LogP) is 2.47. The largest absolute Gasteiger partial charge is 0.383 e. The fraction of sp³-hybridized carbons (Fsp3) is 0.632. The van der Waals surface area contributed by atoms with Gasteiger partial charge in [0.15, 0.2) is 0 Å². The van der Waals surface area contributed by atoms with E-state index in [1.54, 1.807) is 0 Å². The van der Waals surface area contributed by atoms with Crippen molar-refractivity contribution in [3.05, 3.63) is 35.4 Å². The van der Waals surface area contributed by atoms with E-state index in [4.69, 9.17) is 4.74 Å². The summed E-state index contributed by atoms with van der Waals surface area (Å²) in [6.45, 7) is 4.30. The zero-order chi connectivity index (χ0) is 17.2. The summed E-state index contributed by atoms with van der Waals surface area (Å²) < 4.78 is 5.70. The van der Waals surface area contributed by atoms with Crippen molar-refractivity contribution in [2.24, 2.45) is 0 Å². The molecule has 3 unspecified atom stereocenters. The van der Waals surface area contributed by atoms with Gasteiger partial charge in [0.05, 0.1) is 18.8 Å². The zero-order valence-corrected chi connectivity index (χ0v) is 14.5. The van der Waals surface area contributed by atoms with Crippen molar-refractivity contribution >= 4 is 6.03 Å². The van der Waals surface area contributed by atoms with Gasteiger partial charge in [0.1, 0.15) is 5.60 Å². The zero-order valence-electron chi connectivity index (χ0n) is 14.5. The van der Waals surface area contributed by atoms with E-state index in [0.717, 1.165) is 31.2 Å². The molecule has 0 radical (unpaired) electrons. The quantitative estimate of drug-likeness (QED) is 0.796. The molecule has 0 spiro atoms. The van der Waals surface area contributed by atoms with Gasteiger partial charge in [-0.3, -0.25) is 0 Å². The minimum absolute atomic E-state index is 0.122. The van der Waals surface area contributed by atoms with Crippen molar-refractivity contribution in [2.75, 3.05) is 6.54 Å². The lowest BCUT2D eigenvalue weighted by atomic mass is 9.79. The fourth-order valence-electron chi connectivity index (χ4n) is 4.07. The van der Waals surface area contributed by atoms with Crippen LogP contribution in [0.3, 0.4) is 0 Å². The molecule has 0 bridgehead atoms. The molecule has 2 aliphatic rings. The van der Waals surface area contributed by atoms with Gasteiger partial charge in [-0.15, -0.1) is 0 Å². The third-order valence-electron chi connectivity index (χ3n) is 5.13. The summed E-state index contributed by atoms with van der Waals surface area (Å²) >= 11 is 0. The maximum absolute atomic E-state index is 12.2. The van der Waals surface area contributed by atoms with Gasteiger partial charge in [-0.1, -0.05) is 24.3 Å². The van der Waals surface area contributed by atoms with Crippen molar-refractivity contribution in [3.8, 4) is 0 Å². The van der Waals surface area contributed by atoms with Crippen LogP contribution >= 0.6 is 0 Å². The number of benzene rings is 1. The first-order valence-electron chi connectivity index (χ1n) is 8.97. The van der Waals surface area contributed by atoms with Crippen molar-refractivity contribution in [1.29, 1.82) is 0 Å². The molecule has 5 heteroatoms. The molecule has 1 heterocycles. The van der Waals surface area contributed by atoms with Crippen LogP contribution in [0.1, 0.15) is 50.7 Å². The number of hydrogen-bond acceptors (Lipinski definition) is 3. The first-order valence-corrected chi connectivity index (χ1v) is 8.97. The molecule has 1 saturated heterocycles. The molecule has 1 aromatic carbocycles. The Kier molecular flexibility index (Phi) is 5.11. The van der Waals surface area contributed by atoms with E-state index in [1.807, 2.05) is 32.0 Å². The fourth-order valence-corrected chi connectivity index (χ4v) is 4.07. The number of carbonyl (C=O) groups excluding carboxylic acids is 1. The number of urea groups is 1. The SMILES string of the molecule is CC1CC(NC(=O)NCC2(O)CCCc3ccccc32)CC(C)O1. The molecule has 5 nitrogen and oxygen atoms in total. The lowest BCUT2D eigenvalue weighted by Gasteiger charge is -2.35. The number of aliphatic hydroxyl groups is 1. The van der Waals surface area contributed by atoms with Gasteiger partial charge in [0.2, 0.25) is 0 Å². The third-order valence-corrected chi connectivity index (χ3v) is 5.13.